The van der Waals surface area contributed by atoms with Crippen LogP contribution in [0.25, 0.3) is 43.8 Å². The molecule has 5 aromatic rings. The first-order valence-corrected chi connectivity index (χ1v) is 8.83. The topological polar surface area (TPSA) is 12.9 Å². The molecule has 0 bridgehead atoms. The van der Waals surface area contributed by atoms with Crippen LogP contribution in [0.15, 0.2) is 103 Å². The lowest BCUT2D eigenvalue weighted by molar-refractivity contribution is 1.33. The lowest BCUT2D eigenvalue weighted by Gasteiger charge is -2.17. The van der Waals surface area contributed by atoms with Gasteiger partial charge in [0.05, 0.1) is 0 Å². The summed E-state index contributed by atoms with van der Waals surface area (Å²) >= 11 is 0. The van der Waals surface area contributed by atoms with Crippen molar-refractivity contribution in [1.82, 2.24) is 4.98 Å². The molecule has 0 spiro atoms. The molecule has 122 valence electrons. The number of hydrogen-bond donors (Lipinski definition) is 0. The van der Waals surface area contributed by atoms with Crippen LogP contribution in [0.1, 0.15) is 0 Å². The molecular formula is C25H17N. The fraction of sp³-hybridized carbons (Fsp3) is 0. The molecule has 4 aromatic carbocycles. The monoisotopic (exact) mass is 331 g/mol. The number of pyridine rings is 1. The SMILES string of the molecule is c1ccc(-c2c3ccccc3c(-c3cccnc3)c3ccccc23)cc1. The van der Waals surface area contributed by atoms with E-state index in [1.54, 1.807) is 0 Å². The summed E-state index contributed by atoms with van der Waals surface area (Å²) < 4.78 is 0. The average Bonchev–Trinajstić information content (AvgIpc) is 2.73. The Hall–Kier alpha value is -3.45. The summed E-state index contributed by atoms with van der Waals surface area (Å²) in [4.78, 5) is 4.36. The Morgan fingerprint density at radius 3 is 1.38 bits per heavy atom. The quantitative estimate of drug-likeness (QED) is 0.327. The highest BCUT2D eigenvalue weighted by atomic mass is 14.6. The average molecular weight is 331 g/mol. The molecule has 0 fully saturated rings. The van der Waals surface area contributed by atoms with Crippen LogP contribution in [0.4, 0.5) is 0 Å². The maximum Gasteiger partial charge on any atom is 0.0346 e. The molecule has 1 heteroatoms. The maximum atomic E-state index is 4.36. The normalized spacial score (nSPS) is 11.1. The zero-order chi connectivity index (χ0) is 17.3. The number of fused-ring (bicyclic) bond motifs is 2. The van der Waals surface area contributed by atoms with E-state index in [2.05, 4.69) is 89.9 Å². The predicted octanol–water partition coefficient (Wildman–Crippen LogP) is 6.72. The van der Waals surface area contributed by atoms with Crippen molar-refractivity contribution in [2.45, 2.75) is 0 Å². The third-order valence-electron chi connectivity index (χ3n) is 4.94. The number of aromatic nitrogens is 1. The van der Waals surface area contributed by atoms with Crippen molar-refractivity contribution < 1.29 is 0 Å². The Bertz CT molecular complexity index is 1050. The standard InChI is InChI=1S/C25H17N/c1-2-9-18(10-3-1)24-20-12-4-6-14-22(20)25(19-11-8-16-26-17-19)23-15-7-5-13-21(23)24/h1-17H. The number of rotatable bonds is 2. The fourth-order valence-electron chi connectivity index (χ4n) is 3.87. The Morgan fingerprint density at radius 1 is 0.423 bits per heavy atom. The summed E-state index contributed by atoms with van der Waals surface area (Å²) in [6.07, 6.45) is 3.78. The molecular weight excluding hydrogens is 314 g/mol. The van der Waals surface area contributed by atoms with Gasteiger partial charge in [0.1, 0.15) is 0 Å². The second kappa shape index (κ2) is 6.12. The first-order valence-electron chi connectivity index (χ1n) is 8.83. The molecule has 1 aromatic heterocycles. The van der Waals surface area contributed by atoms with E-state index in [9.17, 15) is 0 Å². The van der Waals surface area contributed by atoms with Crippen molar-refractivity contribution >= 4 is 21.5 Å². The molecule has 0 aliphatic rings. The van der Waals surface area contributed by atoms with E-state index >= 15 is 0 Å². The highest BCUT2D eigenvalue weighted by Crippen LogP contribution is 2.43. The zero-order valence-electron chi connectivity index (χ0n) is 14.3. The molecule has 1 heterocycles. The molecule has 0 aliphatic heterocycles. The molecule has 0 saturated carbocycles. The van der Waals surface area contributed by atoms with Crippen molar-refractivity contribution in [3.05, 3.63) is 103 Å². The molecule has 0 saturated heterocycles. The van der Waals surface area contributed by atoms with Gasteiger partial charge in [-0.25, -0.2) is 0 Å². The fourth-order valence-corrected chi connectivity index (χ4v) is 3.87. The van der Waals surface area contributed by atoms with E-state index in [0.29, 0.717) is 0 Å². The van der Waals surface area contributed by atoms with Gasteiger partial charge in [-0.2, -0.15) is 0 Å². The van der Waals surface area contributed by atoms with Gasteiger partial charge in [-0.05, 0) is 44.3 Å². The lowest BCUT2D eigenvalue weighted by atomic mass is 9.86. The van der Waals surface area contributed by atoms with Crippen LogP contribution in [-0.4, -0.2) is 4.98 Å². The van der Waals surface area contributed by atoms with Gasteiger partial charge >= 0.3 is 0 Å². The van der Waals surface area contributed by atoms with Crippen LogP contribution in [0.2, 0.25) is 0 Å². The van der Waals surface area contributed by atoms with E-state index in [4.69, 9.17) is 0 Å². The van der Waals surface area contributed by atoms with Crippen molar-refractivity contribution in [2.75, 3.05) is 0 Å². The largest absolute Gasteiger partial charge is 0.264 e. The minimum Gasteiger partial charge on any atom is -0.264 e. The lowest BCUT2D eigenvalue weighted by Crippen LogP contribution is -1.90. The highest BCUT2D eigenvalue weighted by molar-refractivity contribution is 6.21. The smallest absolute Gasteiger partial charge is 0.0346 e. The van der Waals surface area contributed by atoms with Crippen LogP contribution in [0.5, 0.6) is 0 Å². The number of benzene rings is 4. The third-order valence-corrected chi connectivity index (χ3v) is 4.94. The first kappa shape index (κ1) is 14.9. The molecule has 5 rings (SSSR count). The summed E-state index contributed by atoms with van der Waals surface area (Å²) in [5.74, 6) is 0. The van der Waals surface area contributed by atoms with Gasteiger partial charge in [0.2, 0.25) is 0 Å². The molecule has 0 radical (unpaired) electrons. The second-order valence-electron chi connectivity index (χ2n) is 6.45. The molecule has 0 unspecified atom stereocenters. The van der Waals surface area contributed by atoms with Gasteiger partial charge in [0.15, 0.2) is 0 Å². The van der Waals surface area contributed by atoms with Gasteiger partial charge in [-0.1, -0.05) is 84.9 Å². The minimum atomic E-state index is 1.15. The Balaban J connectivity index is 2.02. The van der Waals surface area contributed by atoms with Gasteiger partial charge in [-0.3, -0.25) is 4.98 Å². The van der Waals surface area contributed by atoms with Gasteiger partial charge < -0.3 is 0 Å². The van der Waals surface area contributed by atoms with Crippen LogP contribution in [0.3, 0.4) is 0 Å². The molecule has 1 nitrogen and oxygen atoms in total. The highest BCUT2D eigenvalue weighted by Gasteiger charge is 2.15. The summed E-state index contributed by atoms with van der Waals surface area (Å²) in [5.41, 5.74) is 4.95. The number of hydrogen-bond acceptors (Lipinski definition) is 1. The number of nitrogens with zero attached hydrogens (tertiary/aromatic N) is 1. The summed E-state index contributed by atoms with van der Waals surface area (Å²) in [6.45, 7) is 0. The molecule has 26 heavy (non-hydrogen) atoms. The van der Waals surface area contributed by atoms with Crippen LogP contribution >= 0.6 is 0 Å². The van der Waals surface area contributed by atoms with E-state index in [1.807, 2.05) is 18.5 Å². The van der Waals surface area contributed by atoms with Crippen LogP contribution in [-0.2, 0) is 0 Å². The summed E-state index contributed by atoms with van der Waals surface area (Å²) in [7, 11) is 0. The minimum absolute atomic E-state index is 1.15. The van der Waals surface area contributed by atoms with Crippen molar-refractivity contribution in [1.29, 1.82) is 0 Å². The van der Waals surface area contributed by atoms with Crippen molar-refractivity contribution in [3.8, 4) is 22.3 Å². The molecule has 0 aliphatic carbocycles. The van der Waals surface area contributed by atoms with Crippen LogP contribution < -0.4 is 0 Å². The Labute approximate surface area is 152 Å². The molecule has 0 atom stereocenters. The first-order chi connectivity index (χ1) is 12.9. The maximum absolute atomic E-state index is 4.36. The van der Waals surface area contributed by atoms with E-state index < -0.39 is 0 Å². The predicted molar refractivity (Wildman–Crippen MR) is 110 cm³/mol. The van der Waals surface area contributed by atoms with Gasteiger partial charge in [0.25, 0.3) is 0 Å². The van der Waals surface area contributed by atoms with Crippen LogP contribution in [0, 0.1) is 0 Å². The van der Waals surface area contributed by atoms with E-state index in [1.165, 1.54) is 38.2 Å². The third kappa shape index (κ3) is 2.29. The Morgan fingerprint density at radius 2 is 0.885 bits per heavy atom. The zero-order valence-corrected chi connectivity index (χ0v) is 14.3. The van der Waals surface area contributed by atoms with Crippen molar-refractivity contribution in [2.24, 2.45) is 0 Å². The molecule has 0 N–H and O–H groups in total. The van der Waals surface area contributed by atoms with Crippen molar-refractivity contribution in [3.63, 3.8) is 0 Å². The van der Waals surface area contributed by atoms with E-state index in [-0.39, 0.29) is 0 Å². The van der Waals surface area contributed by atoms with Gasteiger partial charge in [0, 0.05) is 18.0 Å². The van der Waals surface area contributed by atoms with Gasteiger partial charge in [-0.15, -0.1) is 0 Å². The van der Waals surface area contributed by atoms with E-state index in [0.717, 1.165) is 5.56 Å². The Kier molecular flexibility index (Phi) is 3.50. The summed E-state index contributed by atoms with van der Waals surface area (Å²) in [5, 5.41) is 5.07. The molecule has 0 amide bonds. The second-order valence-corrected chi connectivity index (χ2v) is 6.45. The summed E-state index contributed by atoms with van der Waals surface area (Å²) in [6, 6.07) is 32.2.